The van der Waals surface area contributed by atoms with Crippen LogP contribution in [0.4, 0.5) is 8.78 Å². The Hall–Kier alpha value is -1.76. The van der Waals surface area contributed by atoms with Gasteiger partial charge in [-0.25, -0.2) is 4.98 Å². The smallest absolute Gasteiger partial charge is 0.288 e. The summed E-state index contributed by atoms with van der Waals surface area (Å²) in [6, 6.07) is 7.11. The van der Waals surface area contributed by atoms with Gasteiger partial charge in [-0.3, -0.25) is 9.36 Å². The third kappa shape index (κ3) is 3.47. The SMILES string of the molecule is COc1ccc(Cn2cnc(C(C)(F)F)c(Br)c2=O)cc1. The van der Waals surface area contributed by atoms with Gasteiger partial charge in [0.2, 0.25) is 0 Å². The van der Waals surface area contributed by atoms with Gasteiger partial charge in [-0.2, -0.15) is 8.78 Å². The minimum absolute atomic E-state index is 0.217. The Morgan fingerprint density at radius 2 is 1.95 bits per heavy atom. The van der Waals surface area contributed by atoms with Crippen LogP contribution >= 0.6 is 15.9 Å². The molecule has 0 radical (unpaired) electrons. The van der Waals surface area contributed by atoms with E-state index < -0.39 is 17.2 Å². The molecule has 7 heteroatoms. The highest BCUT2D eigenvalue weighted by Gasteiger charge is 2.30. The molecule has 21 heavy (non-hydrogen) atoms. The maximum absolute atomic E-state index is 13.3. The van der Waals surface area contributed by atoms with E-state index in [1.807, 2.05) is 0 Å². The number of ether oxygens (including phenoxy) is 1. The van der Waals surface area contributed by atoms with Crippen molar-refractivity contribution in [2.45, 2.75) is 19.4 Å². The molecule has 0 spiro atoms. The predicted molar refractivity (Wildman–Crippen MR) is 77.9 cm³/mol. The van der Waals surface area contributed by atoms with Crippen molar-refractivity contribution in [1.29, 1.82) is 0 Å². The van der Waals surface area contributed by atoms with Crippen LogP contribution in [-0.4, -0.2) is 16.7 Å². The molecule has 0 fully saturated rings. The molecule has 0 unspecified atom stereocenters. The van der Waals surface area contributed by atoms with Crippen LogP contribution in [0.25, 0.3) is 0 Å². The van der Waals surface area contributed by atoms with Crippen molar-refractivity contribution in [3.8, 4) is 5.75 Å². The number of benzene rings is 1. The Bertz CT molecular complexity index is 694. The molecular formula is C14H13BrF2N2O2. The highest BCUT2D eigenvalue weighted by atomic mass is 79.9. The standard InChI is InChI=1S/C14H13BrF2N2O2/c1-14(16,17)12-11(15)13(20)19(8-18-12)7-9-3-5-10(21-2)6-4-9/h3-6,8H,7H2,1-2H3. The lowest BCUT2D eigenvalue weighted by Gasteiger charge is -2.13. The number of halogens is 3. The van der Waals surface area contributed by atoms with Gasteiger partial charge in [-0.1, -0.05) is 12.1 Å². The van der Waals surface area contributed by atoms with Crippen LogP contribution in [0.1, 0.15) is 18.2 Å². The molecule has 0 aliphatic carbocycles. The summed E-state index contributed by atoms with van der Waals surface area (Å²) in [4.78, 5) is 15.8. The van der Waals surface area contributed by atoms with E-state index in [-0.39, 0.29) is 11.0 Å². The minimum Gasteiger partial charge on any atom is -0.497 e. The lowest BCUT2D eigenvalue weighted by molar-refractivity contribution is 0.0114. The van der Waals surface area contributed by atoms with Gasteiger partial charge in [0, 0.05) is 6.92 Å². The zero-order chi connectivity index (χ0) is 15.6. The van der Waals surface area contributed by atoms with Crippen LogP contribution in [0, 0.1) is 0 Å². The molecule has 2 rings (SSSR count). The van der Waals surface area contributed by atoms with Crippen molar-refractivity contribution >= 4 is 15.9 Å². The van der Waals surface area contributed by atoms with Gasteiger partial charge in [0.05, 0.1) is 20.0 Å². The summed E-state index contributed by atoms with van der Waals surface area (Å²) in [6.45, 7) is 0.942. The van der Waals surface area contributed by atoms with Crippen LogP contribution in [0.15, 0.2) is 39.9 Å². The van der Waals surface area contributed by atoms with Crippen molar-refractivity contribution in [3.63, 3.8) is 0 Å². The lowest BCUT2D eigenvalue weighted by atomic mass is 10.2. The van der Waals surface area contributed by atoms with E-state index in [1.165, 1.54) is 4.57 Å². The average Bonchev–Trinajstić information content (AvgIpc) is 2.43. The molecule has 0 aliphatic rings. The zero-order valence-corrected chi connectivity index (χ0v) is 13.0. The van der Waals surface area contributed by atoms with E-state index >= 15 is 0 Å². The largest absolute Gasteiger partial charge is 0.497 e. The fourth-order valence-electron chi connectivity index (χ4n) is 1.81. The first kappa shape index (κ1) is 15.6. The Kier molecular flexibility index (Phi) is 4.41. The molecule has 0 atom stereocenters. The molecule has 4 nitrogen and oxygen atoms in total. The van der Waals surface area contributed by atoms with Gasteiger partial charge in [0.25, 0.3) is 11.5 Å². The highest BCUT2D eigenvalue weighted by molar-refractivity contribution is 9.10. The molecule has 1 aromatic heterocycles. The van der Waals surface area contributed by atoms with E-state index in [0.29, 0.717) is 12.7 Å². The van der Waals surface area contributed by atoms with Crippen molar-refractivity contribution in [1.82, 2.24) is 9.55 Å². The van der Waals surface area contributed by atoms with E-state index in [4.69, 9.17) is 4.74 Å². The third-order valence-electron chi connectivity index (χ3n) is 2.91. The van der Waals surface area contributed by atoms with Gasteiger partial charge in [-0.15, -0.1) is 0 Å². The van der Waals surface area contributed by atoms with Gasteiger partial charge in [-0.05, 0) is 33.6 Å². The molecule has 0 bridgehead atoms. The maximum atomic E-state index is 13.3. The first-order valence-corrected chi connectivity index (χ1v) is 6.88. The van der Waals surface area contributed by atoms with Crippen LogP contribution in [0.3, 0.4) is 0 Å². The van der Waals surface area contributed by atoms with Gasteiger partial charge >= 0.3 is 0 Å². The van der Waals surface area contributed by atoms with Gasteiger partial charge in [0.1, 0.15) is 15.9 Å². The molecule has 1 heterocycles. The molecule has 0 N–H and O–H groups in total. The fourth-order valence-corrected chi connectivity index (χ4v) is 2.49. The number of hydrogen-bond donors (Lipinski definition) is 0. The van der Waals surface area contributed by atoms with E-state index in [2.05, 4.69) is 20.9 Å². The minimum atomic E-state index is -3.17. The van der Waals surface area contributed by atoms with Crippen LogP contribution in [-0.2, 0) is 12.5 Å². The first-order valence-electron chi connectivity index (χ1n) is 6.09. The predicted octanol–water partition coefficient (Wildman–Crippen LogP) is 3.17. The lowest BCUT2D eigenvalue weighted by Crippen LogP contribution is -2.26. The summed E-state index contributed by atoms with van der Waals surface area (Å²) >= 11 is 2.91. The number of hydrogen-bond acceptors (Lipinski definition) is 3. The monoisotopic (exact) mass is 358 g/mol. The Morgan fingerprint density at radius 1 is 1.33 bits per heavy atom. The molecule has 0 amide bonds. The summed E-state index contributed by atoms with van der Waals surface area (Å²) in [5.74, 6) is -2.47. The Labute approximate surface area is 128 Å². The van der Waals surface area contributed by atoms with Crippen molar-refractivity contribution < 1.29 is 13.5 Å². The normalized spacial score (nSPS) is 11.5. The second-order valence-electron chi connectivity index (χ2n) is 4.58. The van der Waals surface area contributed by atoms with E-state index in [9.17, 15) is 13.6 Å². The van der Waals surface area contributed by atoms with Gasteiger partial charge in [0.15, 0.2) is 0 Å². The van der Waals surface area contributed by atoms with Crippen LogP contribution in [0.2, 0.25) is 0 Å². The quantitative estimate of drug-likeness (QED) is 0.842. The van der Waals surface area contributed by atoms with E-state index in [1.54, 1.807) is 31.4 Å². The Balaban J connectivity index is 2.33. The Morgan fingerprint density at radius 3 is 2.48 bits per heavy atom. The molecule has 112 valence electrons. The maximum Gasteiger partial charge on any atom is 0.288 e. The third-order valence-corrected chi connectivity index (χ3v) is 3.63. The number of methoxy groups -OCH3 is 1. The molecule has 0 saturated carbocycles. The van der Waals surface area contributed by atoms with Crippen molar-refractivity contribution in [2.75, 3.05) is 7.11 Å². The summed E-state index contributed by atoms with van der Waals surface area (Å²) < 4.78 is 32.7. The van der Waals surface area contributed by atoms with Crippen molar-refractivity contribution in [2.24, 2.45) is 0 Å². The number of rotatable bonds is 4. The summed E-state index contributed by atoms with van der Waals surface area (Å²) in [7, 11) is 1.56. The topological polar surface area (TPSA) is 44.1 Å². The van der Waals surface area contributed by atoms with Crippen LogP contribution in [0.5, 0.6) is 5.75 Å². The second-order valence-corrected chi connectivity index (χ2v) is 5.37. The molecule has 0 saturated heterocycles. The average molecular weight is 359 g/mol. The number of nitrogens with zero attached hydrogens (tertiary/aromatic N) is 2. The molecule has 1 aromatic carbocycles. The number of aromatic nitrogens is 2. The summed E-state index contributed by atoms with van der Waals surface area (Å²) in [6.07, 6.45) is 1.13. The first-order chi connectivity index (χ1) is 9.82. The van der Waals surface area contributed by atoms with Crippen molar-refractivity contribution in [3.05, 3.63) is 56.7 Å². The highest BCUT2D eigenvalue weighted by Crippen LogP contribution is 2.28. The summed E-state index contributed by atoms with van der Waals surface area (Å²) in [5.41, 5.74) is -0.265. The number of alkyl halides is 2. The molecule has 2 aromatic rings. The fraction of sp³-hybridized carbons (Fsp3) is 0.286. The summed E-state index contributed by atoms with van der Waals surface area (Å²) in [5, 5.41) is 0. The van der Waals surface area contributed by atoms with Gasteiger partial charge < -0.3 is 4.74 Å². The van der Waals surface area contributed by atoms with Crippen LogP contribution < -0.4 is 10.3 Å². The molecule has 0 aliphatic heterocycles. The molecular weight excluding hydrogens is 346 g/mol. The van der Waals surface area contributed by atoms with E-state index in [0.717, 1.165) is 11.9 Å². The zero-order valence-electron chi connectivity index (χ0n) is 11.4. The second kappa shape index (κ2) is 5.93.